The first kappa shape index (κ1) is 14.7. The first-order chi connectivity index (χ1) is 5.22. The summed E-state index contributed by atoms with van der Waals surface area (Å²) >= 11 is 0. The molecule has 13 heavy (non-hydrogen) atoms. The van der Waals surface area contributed by atoms with Gasteiger partial charge in [-0.25, -0.2) is 4.98 Å². The van der Waals surface area contributed by atoms with Crippen LogP contribution in [-0.4, -0.2) is 16.5 Å². The third-order valence-corrected chi connectivity index (χ3v) is 1.21. The molecule has 1 heterocycles. The van der Waals surface area contributed by atoms with Gasteiger partial charge >= 0.3 is 0 Å². The Labute approximate surface area is 87.7 Å². The van der Waals surface area contributed by atoms with Gasteiger partial charge in [-0.2, -0.15) is 0 Å². The molecular weight excluding hydrogens is 215 g/mol. The van der Waals surface area contributed by atoms with Crippen LogP contribution in [0.25, 0.3) is 0 Å². The Bertz CT molecular complexity index is 301. The lowest BCUT2D eigenvalue weighted by Crippen LogP contribution is -2.14. The van der Waals surface area contributed by atoms with Crippen molar-refractivity contribution >= 4 is 30.8 Å². The summed E-state index contributed by atoms with van der Waals surface area (Å²) in [6.07, 6.45) is 0.578. The SMILES string of the molecule is Cl.Cl.NCCc1cc(=O)[nH]c(N)n1. The van der Waals surface area contributed by atoms with E-state index in [0.717, 1.165) is 0 Å². The molecule has 0 radical (unpaired) electrons. The summed E-state index contributed by atoms with van der Waals surface area (Å²) in [5.74, 6) is 0.140. The van der Waals surface area contributed by atoms with Crippen LogP contribution < -0.4 is 17.0 Å². The van der Waals surface area contributed by atoms with Gasteiger partial charge in [0.25, 0.3) is 5.56 Å². The molecule has 0 unspecified atom stereocenters. The number of hydrogen-bond acceptors (Lipinski definition) is 4. The second kappa shape index (κ2) is 6.71. The van der Waals surface area contributed by atoms with Gasteiger partial charge in [-0.05, 0) is 6.54 Å². The van der Waals surface area contributed by atoms with Crippen LogP contribution in [0.2, 0.25) is 0 Å². The summed E-state index contributed by atoms with van der Waals surface area (Å²) in [5.41, 5.74) is 10.9. The number of rotatable bonds is 2. The van der Waals surface area contributed by atoms with E-state index in [1.54, 1.807) is 0 Å². The number of aromatic nitrogens is 2. The minimum absolute atomic E-state index is 0. The molecule has 1 aromatic rings. The van der Waals surface area contributed by atoms with Crippen LogP contribution in [0.1, 0.15) is 5.69 Å². The molecule has 0 bridgehead atoms. The lowest BCUT2D eigenvalue weighted by molar-refractivity contribution is 0.907. The number of hydrogen-bond donors (Lipinski definition) is 3. The second-order valence-electron chi connectivity index (χ2n) is 2.16. The van der Waals surface area contributed by atoms with E-state index in [2.05, 4.69) is 9.97 Å². The highest BCUT2D eigenvalue weighted by atomic mass is 35.5. The molecule has 0 amide bonds. The molecule has 5 N–H and O–H groups in total. The van der Waals surface area contributed by atoms with Crippen LogP contribution in [0.15, 0.2) is 10.9 Å². The summed E-state index contributed by atoms with van der Waals surface area (Å²) in [7, 11) is 0. The monoisotopic (exact) mass is 226 g/mol. The number of nitrogens with two attached hydrogens (primary N) is 2. The Morgan fingerprint density at radius 1 is 1.46 bits per heavy atom. The molecule has 1 aromatic heterocycles. The van der Waals surface area contributed by atoms with Crippen molar-refractivity contribution in [3.8, 4) is 0 Å². The average Bonchev–Trinajstić information content (AvgIpc) is 1.85. The van der Waals surface area contributed by atoms with Crippen molar-refractivity contribution in [1.82, 2.24) is 9.97 Å². The minimum atomic E-state index is -0.235. The predicted octanol–water partition coefficient (Wildman–Crippen LogP) is -0.303. The number of halogens is 2. The summed E-state index contributed by atoms with van der Waals surface area (Å²) < 4.78 is 0. The lowest BCUT2D eigenvalue weighted by atomic mass is 10.3. The van der Waals surface area contributed by atoms with Crippen molar-refractivity contribution in [3.05, 3.63) is 22.1 Å². The molecule has 76 valence electrons. The van der Waals surface area contributed by atoms with Crippen LogP contribution in [0.3, 0.4) is 0 Å². The van der Waals surface area contributed by atoms with E-state index < -0.39 is 0 Å². The molecule has 0 fully saturated rings. The molecule has 0 atom stereocenters. The van der Waals surface area contributed by atoms with E-state index in [9.17, 15) is 4.79 Å². The minimum Gasteiger partial charge on any atom is -0.369 e. The maximum absolute atomic E-state index is 10.8. The van der Waals surface area contributed by atoms with Gasteiger partial charge < -0.3 is 11.5 Å². The molecular formula is C6H12Cl2N4O. The Morgan fingerprint density at radius 2 is 2.08 bits per heavy atom. The standard InChI is InChI=1S/C6H10N4O.2ClH/c7-2-1-4-3-5(11)10-6(8)9-4;;/h3H,1-2,7H2,(H3,8,9,10,11);2*1H. The normalized spacial score (nSPS) is 8.38. The van der Waals surface area contributed by atoms with Crippen molar-refractivity contribution in [1.29, 1.82) is 0 Å². The smallest absolute Gasteiger partial charge is 0.252 e. The van der Waals surface area contributed by atoms with Crippen LogP contribution >= 0.6 is 24.8 Å². The van der Waals surface area contributed by atoms with E-state index in [1.807, 2.05) is 0 Å². The highest BCUT2D eigenvalue weighted by Crippen LogP contribution is 1.91. The first-order valence-electron chi connectivity index (χ1n) is 3.28. The Balaban J connectivity index is 0. The Morgan fingerprint density at radius 3 is 2.54 bits per heavy atom. The fourth-order valence-electron chi connectivity index (χ4n) is 0.805. The van der Waals surface area contributed by atoms with E-state index in [0.29, 0.717) is 18.7 Å². The van der Waals surface area contributed by atoms with Gasteiger partial charge in [0, 0.05) is 12.5 Å². The van der Waals surface area contributed by atoms with Gasteiger partial charge in [0.2, 0.25) is 5.95 Å². The van der Waals surface area contributed by atoms with Gasteiger partial charge in [-0.15, -0.1) is 24.8 Å². The molecule has 5 nitrogen and oxygen atoms in total. The third kappa shape index (κ3) is 4.72. The summed E-state index contributed by atoms with van der Waals surface area (Å²) in [6.45, 7) is 0.468. The highest BCUT2D eigenvalue weighted by molar-refractivity contribution is 5.85. The summed E-state index contributed by atoms with van der Waals surface area (Å²) in [6, 6.07) is 1.39. The zero-order chi connectivity index (χ0) is 8.27. The van der Waals surface area contributed by atoms with Crippen molar-refractivity contribution in [2.24, 2.45) is 5.73 Å². The molecule has 0 spiro atoms. The first-order valence-corrected chi connectivity index (χ1v) is 3.28. The van der Waals surface area contributed by atoms with Crippen molar-refractivity contribution in [2.75, 3.05) is 12.3 Å². The van der Waals surface area contributed by atoms with Crippen molar-refractivity contribution < 1.29 is 0 Å². The van der Waals surface area contributed by atoms with Gasteiger partial charge in [0.05, 0.1) is 5.69 Å². The molecule has 0 saturated carbocycles. The molecule has 0 saturated heterocycles. The zero-order valence-electron chi connectivity index (χ0n) is 6.82. The van der Waals surface area contributed by atoms with Gasteiger partial charge in [0.15, 0.2) is 0 Å². The quantitative estimate of drug-likeness (QED) is 0.645. The summed E-state index contributed by atoms with van der Waals surface area (Å²) in [5, 5.41) is 0. The van der Waals surface area contributed by atoms with Gasteiger partial charge in [0.1, 0.15) is 0 Å². The van der Waals surface area contributed by atoms with Crippen molar-refractivity contribution in [2.45, 2.75) is 6.42 Å². The number of H-pyrrole nitrogens is 1. The Hall–Kier alpha value is -0.780. The molecule has 0 aliphatic carbocycles. The highest BCUT2D eigenvalue weighted by Gasteiger charge is 1.95. The molecule has 0 aliphatic heterocycles. The third-order valence-electron chi connectivity index (χ3n) is 1.21. The summed E-state index contributed by atoms with van der Waals surface area (Å²) in [4.78, 5) is 17.0. The van der Waals surface area contributed by atoms with Crippen LogP contribution in [-0.2, 0) is 6.42 Å². The predicted molar refractivity (Wildman–Crippen MR) is 56.5 cm³/mol. The van der Waals surface area contributed by atoms with E-state index >= 15 is 0 Å². The molecule has 7 heteroatoms. The fraction of sp³-hybridized carbons (Fsp3) is 0.333. The maximum Gasteiger partial charge on any atom is 0.252 e. The number of nitrogens with one attached hydrogen (secondary N) is 1. The maximum atomic E-state index is 10.8. The number of anilines is 1. The van der Waals surface area contributed by atoms with Crippen LogP contribution in [0.4, 0.5) is 5.95 Å². The number of aromatic amines is 1. The van der Waals surface area contributed by atoms with E-state index in [4.69, 9.17) is 11.5 Å². The Kier molecular flexibility index (Phi) is 7.60. The molecule has 0 aromatic carbocycles. The average molecular weight is 227 g/mol. The largest absolute Gasteiger partial charge is 0.369 e. The van der Waals surface area contributed by atoms with Crippen LogP contribution in [0, 0.1) is 0 Å². The second-order valence-corrected chi connectivity index (χ2v) is 2.16. The lowest BCUT2D eigenvalue weighted by Gasteiger charge is -1.96. The molecule has 1 rings (SSSR count). The number of nitrogens with zero attached hydrogens (tertiary/aromatic N) is 1. The van der Waals surface area contributed by atoms with E-state index in [-0.39, 0.29) is 36.3 Å². The van der Waals surface area contributed by atoms with Gasteiger partial charge in [-0.1, -0.05) is 0 Å². The van der Waals surface area contributed by atoms with Gasteiger partial charge in [-0.3, -0.25) is 9.78 Å². The topological polar surface area (TPSA) is 97.8 Å². The van der Waals surface area contributed by atoms with Crippen molar-refractivity contribution in [3.63, 3.8) is 0 Å². The van der Waals surface area contributed by atoms with Crippen LogP contribution in [0.5, 0.6) is 0 Å². The van der Waals surface area contributed by atoms with E-state index in [1.165, 1.54) is 6.07 Å². The zero-order valence-corrected chi connectivity index (χ0v) is 8.45. The molecule has 0 aliphatic rings. The number of nitrogen functional groups attached to an aromatic ring is 1. The fourth-order valence-corrected chi connectivity index (χ4v) is 0.805.